The number of fused-ring (bicyclic) bond motifs is 2. The van der Waals surface area contributed by atoms with Crippen molar-refractivity contribution in [2.45, 2.75) is 10.9 Å². The highest BCUT2D eigenvalue weighted by Gasteiger charge is 2.50. The van der Waals surface area contributed by atoms with E-state index >= 15 is 0 Å². The summed E-state index contributed by atoms with van der Waals surface area (Å²) in [5, 5.41) is 0. The Balaban J connectivity index is 1.75. The van der Waals surface area contributed by atoms with Gasteiger partial charge in [0.05, 0.1) is 13.2 Å². The van der Waals surface area contributed by atoms with Crippen molar-refractivity contribution in [2.24, 2.45) is 5.92 Å². The average molecular weight is 400 g/mol. The van der Waals surface area contributed by atoms with E-state index in [1.54, 1.807) is 7.11 Å². The molecule has 3 aromatic carbocycles. The van der Waals surface area contributed by atoms with Crippen LogP contribution in [0.2, 0.25) is 0 Å². The normalized spacial score (nSPS) is 24.7. The molecular weight excluding hydrogens is 378 g/mol. The molecule has 0 aromatic heterocycles. The molecular formula is C26H22ClNO. The van der Waals surface area contributed by atoms with Gasteiger partial charge in [0.2, 0.25) is 0 Å². The first-order valence-electron chi connectivity index (χ1n) is 9.85. The summed E-state index contributed by atoms with van der Waals surface area (Å²) in [7, 11) is 1.68. The third-order valence-electron chi connectivity index (χ3n) is 5.96. The minimum absolute atomic E-state index is 0.0812. The fourth-order valence-electron chi connectivity index (χ4n) is 4.62. The summed E-state index contributed by atoms with van der Waals surface area (Å²) in [6.45, 7) is 0. The van der Waals surface area contributed by atoms with Gasteiger partial charge in [-0.15, -0.1) is 11.6 Å². The molecule has 0 N–H and O–H groups in total. The number of nitrogens with zero attached hydrogens (tertiary/aromatic N) is 1. The molecule has 2 nitrogen and oxygen atoms in total. The largest absolute Gasteiger partial charge is 0.497 e. The Morgan fingerprint density at radius 1 is 0.828 bits per heavy atom. The molecule has 1 aliphatic carbocycles. The predicted molar refractivity (Wildman–Crippen MR) is 120 cm³/mol. The van der Waals surface area contributed by atoms with E-state index in [9.17, 15) is 0 Å². The second kappa shape index (κ2) is 7.13. The number of hydrogen-bond acceptors (Lipinski definition) is 2. The molecule has 1 heterocycles. The number of hydrogen-bond donors (Lipinski definition) is 0. The number of methoxy groups -OCH3 is 1. The van der Waals surface area contributed by atoms with Gasteiger partial charge in [0, 0.05) is 22.9 Å². The highest BCUT2D eigenvalue weighted by atomic mass is 35.5. The number of allylic oxidation sites excluding steroid dienone is 2. The number of rotatable bonds is 3. The first kappa shape index (κ1) is 18.1. The molecule has 0 saturated heterocycles. The topological polar surface area (TPSA) is 12.5 Å². The summed E-state index contributed by atoms with van der Waals surface area (Å²) in [4.78, 5) is 1.74. The summed E-state index contributed by atoms with van der Waals surface area (Å²) < 4.78 is 5.36. The quantitative estimate of drug-likeness (QED) is 0.470. The zero-order chi connectivity index (χ0) is 19.8. The van der Waals surface area contributed by atoms with Crippen molar-refractivity contribution in [1.29, 1.82) is 0 Å². The Hall–Kier alpha value is -2.97. The maximum atomic E-state index is 7.60. The molecule has 3 unspecified atom stereocenters. The van der Waals surface area contributed by atoms with Crippen molar-refractivity contribution < 1.29 is 4.74 Å². The summed E-state index contributed by atoms with van der Waals surface area (Å²) in [5.74, 6) is 0.914. The van der Waals surface area contributed by atoms with Crippen LogP contribution in [0.25, 0.3) is 0 Å². The zero-order valence-electron chi connectivity index (χ0n) is 16.2. The lowest BCUT2D eigenvalue weighted by Crippen LogP contribution is -2.50. The SMILES string of the molecule is COc1ccc(C2(Cl)c3ccccc3N(c3ccccc3)C3C=CC=CC32)cc1. The standard InChI is InChI=1S/C26H22ClNO/c1-29-21-17-15-19(16-18-21)26(27)22-11-5-7-13-24(22)28(20-9-3-2-4-10-20)25-14-8-6-12-23(25)26/h2-18,22,24H,1H3. The molecule has 3 aromatic rings. The van der Waals surface area contributed by atoms with Gasteiger partial charge in [-0.3, -0.25) is 0 Å². The van der Waals surface area contributed by atoms with Crippen LogP contribution < -0.4 is 9.64 Å². The second-order valence-corrected chi connectivity index (χ2v) is 8.05. The van der Waals surface area contributed by atoms with Crippen LogP contribution in [-0.2, 0) is 4.87 Å². The third kappa shape index (κ3) is 2.79. The second-order valence-electron chi connectivity index (χ2n) is 7.45. The van der Waals surface area contributed by atoms with E-state index in [2.05, 4.69) is 95.9 Å². The van der Waals surface area contributed by atoms with E-state index < -0.39 is 4.87 Å². The first-order chi connectivity index (χ1) is 14.2. The molecule has 0 radical (unpaired) electrons. The van der Waals surface area contributed by atoms with E-state index in [0.29, 0.717) is 0 Å². The molecule has 1 aliphatic heterocycles. The van der Waals surface area contributed by atoms with Crippen molar-refractivity contribution >= 4 is 23.0 Å². The molecule has 0 spiro atoms. The molecule has 3 heteroatoms. The number of para-hydroxylation sites is 2. The Bertz CT molecular complexity index is 1070. The van der Waals surface area contributed by atoms with Gasteiger partial charge in [-0.1, -0.05) is 72.8 Å². The molecule has 0 saturated carbocycles. The van der Waals surface area contributed by atoms with Gasteiger partial charge in [0.25, 0.3) is 0 Å². The summed E-state index contributed by atoms with van der Waals surface area (Å²) in [5.41, 5.74) is 4.51. The molecule has 144 valence electrons. The minimum Gasteiger partial charge on any atom is -0.497 e. The van der Waals surface area contributed by atoms with Crippen LogP contribution in [0.4, 0.5) is 11.4 Å². The molecule has 0 bridgehead atoms. The van der Waals surface area contributed by atoms with E-state index in [4.69, 9.17) is 16.3 Å². The monoisotopic (exact) mass is 399 g/mol. The minimum atomic E-state index is -0.667. The van der Waals surface area contributed by atoms with Crippen molar-refractivity contribution in [3.63, 3.8) is 0 Å². The molecule has 29 heavy (non-hydrogen) atoms. The Morgan fingerprint density at radius 2 is 1.52 bits per heavy atom. The summed E-state index contributed by atoms with van der Waals surface area (Å²) in [6, 6.07) is 27.3. The van der Waals surface area contributed by atoms with E-state index in [0.717, 1.165) is 22.6 Å². The maximum absolute atomic E-state index is 7.60. The van der Waals surface area contributed by atoms with Gasteiger partial charge in [-0.25, -0.2) is 0 Å². The lowest BCUT2D eigenvalue weighted by atomic mass is 9.70. The van der Waals surface area contributed by atoms with Crippen LogP contribution in [0.5, 0.6) is 5.75 Å². The molecule has 5 rings (SSSR count). The lowest BCUT2D eigenvalue weighted by Gasteiger charge is -2.50. The maximum Gasteiger partial charge on any atom is 0.118 e. The van der Waals surface area contributed by atoms with Crippen molar-refractivity contribution in [3.8, 4) is 5.75 Å². The fraction of sp³-hybridized carbons (Fsp3) is 0.154. The van der Waals surface area contributed by atoms with Crippen molar-refractivity contribution in [2.75, 3.05) is 12.0 Å². The van der Waals surface area contributed by atoms with Crippen LogP contribution in [0.15, 0.2) is 103 Å². The van der Waals surface area contributed by atoms with Crippen LogP contribution in [0, 0.1) is 5.92 Å². The number of anilines is 2. The molecule has 0 amide bonds. The summed E-state index contributed by atoms with van der Waals surface area (Å²) >= 11 is 7.60. The average Bonchev–Trinajstić information content (AvgIpc) is 2.80. The van der Waals surface area contributed by atoms with Crippen molar-refractivity contribution in [1.82, 2.24) is 0 Å². The Kier molecular flexibility index (Phi) is 4.44. The van der Waals surface area contributed by atoms with Crippen LogP contribution in [0.3, 0.4) is 0 Å². The predicted octanol–water partition coefficient (Wildman–Crippen LogP) is 6.44. The Labute approximate surface area is 176 Å². The van der Waals surface area contributed by atoms with E-state index in [-0.39, 0.29) is 12.0 Å². The lowest BCUT2D eigenvalue weighted by molar-refractivity contribution is 0.412. The third-order valence-corrected chi connectivity index (χ3v) is 6.64. The molecule has 3 atom stereocenters. The zero-order valence-corrected chi connectivity index (χ0v) is 17.0. The summed E-state index contributed by atoms with van der Waals surface area (Å²) in [6.07, 6.45) is 8.73. The van der Waals surface area contributed by atoms with Gasteiger partial charge >= 0.3 is 0 Å². The smallest absolute Gasteiger partial charge is 0.118 e. The highest BCUT2D eigenvalue weighted by molar-refractivity contribution is 6.27. The van der Waals surface area contributed by atoms with Gasteiger partial charge in [0.15, 0.2) is 0 Å². The number of benzene rings is 3. The van der Waals surface area contributed by atoms with Gasteiger partial charge in [-0.05, 0) is 35.9 Å². The molecule has 0 fully saturated rings. The van der Waals surface area contributed by atoms with Crippen LogP contribution >= 0.6 is 11.6 Å². The van der Waals surface area contributed by atoms with Crippen LogP contribution in [-0.4, -0.2) is 13.2 Å². The van der Waals surface area contributed by atoms with E-state index in [1.165, 1.54) is 5.69 Å². The number of alkyl halides is 1. The van der Waals surface area contributed by atoms with Crippen LogP contribution in [0.1, 0.15) is 11.1 Å². The number of halogens is 1. The van der Waals surface area contributed by atoms with E-state index in [1.807, 2.05) is 12.1 Å². The van der Waals surface area contributed by atoms with Gasteiger partial charge in [-0.2, -0.15) is 0 Å². The van der Waals surface area contributed by atoms with Crippen molar-refractivity contribution in [3.05, 3.63) is 114 Å². The van der Waals surface area contributed by atoms with Gasteiger partial charge < -0.3 is 9.64 Å². The first-order valence-corrected chi connectivity index (χ1v) is 10.2. The highest BCUT2D eigenvalue weighted by Crippen LogP contribution is 2.56. The molecule has 2 aliphatic rings. The number of ether oxygens (including phenoxy) is 1. The fourth-order valence-corrected chi connectivity index (χ4v) is 5.11. The Morgan fingerprint density at radius 3 is 2.28 bits per heavy atom. The van der Waals surface area contributed by atoms with Gasteiger partial charge in [0.1, 0.15) is 10.6 Å².